The van der Waals surface area contributed by atoms with Crippen molar-refractivity contribution in [1.82, 2.24) is 0 Å². The Bertz CT molecular complexity index is 564. The van der Waals surface area contributed by atoms with Crippen molar-refractivity contribution in [2.45, 2.75) is 19.4 Å². The molecule has 20 heavy (non-hydrogen) atoms. The van der Waals surface area contributed by atoms with E-state index in [0.29, 0.717) is 23.5 Å². The first-order valence-corrected chi connectivity index (χ1v) is 6.45. The van der Waals surface area contributed by atoms with Crippen LogP contribution < -0.4 is 4.74 Å². The zero-order chi connectivity index (χ0) is 14.5. The molecule has 0 radical (unpaired) electrons. The Labute approximate surface area is 117 Å². The van der Waals surface area contributed by atoms with E-state index < -0.39 is 11.9 Å². The van der Waals surface area contributed by atoms with Crippen LogP contribution in [-0.4, -0.2) is 16.8 Å². The van der Waals surface area contributed by atoms with Gasteiger partial charge in [0.15, 0.2) is 0 Å². The van der Waals surface area contributed by atoms with Gasteiger partial charge < -0.3 is 14.9 Å². The third-order valence-corrected chi connectivity index (χ3v) is 2.97. The third-order valence-electron chi connectivity index (χ3n) is 2.97. The molecule has 0 saturated carbocycles. The predicted octanol–water partition coefficient (Wildman–Crippen LogP) is 3.21. The zero-order valence-corrected chi connectivity index (χ0v) is 11.2. The lowest BCUT2D eigenvalue weighted by Gasteiger charge is -2.13. The van der Waals surface area contributed by atoms with Gasteiger partial charge in [-0.15, -0.1) is 0 Å². The van der Waals surface area contributed by atoms with Crippen molar-refractivity contribution in [2.24, 2.45) is 0 Å². The number of aliphatic hydroxyl groups excluding tert-OH is 2. The van der Waals surface area contributed by atoms with Crippen LogP contribution in [0.5, 0.6) is 11.5 Å². The minimum atomic E-state index is -0.811. The molecule has 3 nitrogen and oxygen atoms in total. The molecule has 106 valence electrons. The Kier molecular flexibility index (Phi) is 4.71. The fourth-order valence-corrected chi connectivity index (χ4v) is 1.92. The molecule has 1 atom stereocenters. The van der Waals surface area contributed by atoms with Gasteiger partial charge in [-0.3, -0.25) is 0 Å². The Balaban J connectivity index is 2.21. The Morgan fingerprint density at radius 3 is 2.45 bits per heavy atom. The summed E-state index contributed by atoms with van der Waals surface area (Å²) in [6.45, 7) is 1.66. The fourth-order valence-electron chi connectivity index (χ4n) is 1.92. The maximum atomic E-state index is 13.2. The highest BCUT2D eigenvalue weighted by molar-refractivity contribution is 5.40. The molecule has 0 fully saturated rings. The normalized spacial score (nSPS) is 12.2. The summed E-state index contributed by atoms with van der Waals surface area (Å²) in [5.41, 5.74) is 1.42. The Morgan fingerprint density at radius 2 is 1.85 bits per heavy atom. The maximum absolute atomic E-state index is 13.2. The first-order chi connectivity index (χ1) is 9.60. The van der Waals surface area contributed by atoms with Crippen LogP contribution in [0.1, 0.15) is 24.2 Å². The molecule has 1 unspecified atom stereocenters. The first-order valence-electron chi connectivity index (χ1n) is 6.45. The summed E-state index contributed by atoms with van der Waals surface area (Å²) in [4.78, 5) is 0. The van der Waals surface area contributed by atoms with E-state index >= 15 is 0 Å². The van der Waals surface area contributed by atoms with Crippen LogP contribution in [0.2, 0.25) is 0 Å². The van der Waals surface area contributed by atoms with E-state index in [2.05, 4.69) is 0 Å². The molecule has 0 spiro atoms. The smallest absolute Gasteiger partial charge is 0.133 e. The Morgan fingerprint density at radius 1 is 1.15 bits per heavy atom. The van der Waals surface area contributed by atoms with Crippen LogP contribution in [0.4, 0.5) is 4.39 Å². The average Bonchev–Trinajstić information content (AvgIpc) is 2.43. The molecule has 0 aliphatic heterocycles. The monoisotopic (exact) mass is 276 g/mol. The van der Waals surface area contributed by atoms with E-state index in [-0.39, 0.29) is 6.61 Å². The molecule has 0 aliphatic rings. The number of hydrogen-bond acceptors (Lipinski definition) is 3. The van der Waals surface area contributed by atoms with Crippen molar-refractivity contribution in [1.29, 1.82) is 0 Å². The average molecular weight is 276 g/mol. The lowest BCUT2D eigenvalue weighted by atomic mass is 10.1. The van der Waals surface area contributed by atoms with E-state index in [1.54, 1.807) is 19.1 Å². The second-order valence-electron chi connectivity index (χ2n) is 4.58. The van der Waals surface area contributed by atoms with Gasteiger partial charge in [0.2, 0.25) is 0 Å². The number of halogens is 1. The number of rotatable bonds is 5. The summed E-state index contributed by atoms with van der Waals surface area (Å²) in [7, 11) is 0. The highest BCUT2D eigenvalue weighted by atomic mass is 19.1. The highest BCUT2D eigenvalue weighted by Gasteiger charge is 2.11. The third kappa shape index (κ3) is 3.56. The largest absolute Gasteiger partial charge is 0.457 e. The molecule has 0 amide bonds. The summed E-state index contributed by atoms with van der Waals surface area (Å²) in [6.07, 6.45) is -0.218. The topological polar surface area (TPSA) is 49.7 Å². The molecule has 2 rings (SSSR count). The molecule has 2 aromatic rings. The van der Waals surface area contributed by atoms with Crippen LogP contribution in [0.15, 0.2) is 42.5 Å². The summed E-state index contributed by atoms with van der Waals surface area (Å²) in [5.74, 6) is 0.614. The summed E-state index contributed by atoms with van der Waals surface area (Å²) in [5, 5.41) is 18.5. The van der Waals surface area contributed by atoms with Crippen LogP contribution >= 0.6 is 0 Å². The van der Waals surface area contributed by atoms with Crippen molar-refractivity contribution in [2.75, 3.05) is 6.61 Å². The van der Waals surface area contributed by atoms with Gasteiger partial charge in [0, 0.05) is 12.2 Å². The lowest BCUT2D eigenvalue weighted by molar-refractivity contribution is 0.195. The lowest BCUT2D eigenvalue weighted by Crippen LogP contribution is -1.97. The van der Waals surface area contributed by atoms with Crippen molar-refractivity contribution in [3.63, 3.8) is 0 Å². The zero-order valence-electron chi connectivity index (χ0n) is 11.2. The summed E-state index contributed by atoms with van der Waals surface area (Å²) >= 11 is 0. The molecule has 0 aliphatic carbocycles. The number of benzene rings is 2. The van der Waals surface area contributed by atoms with Gasteiger partial charge >= 0.3 is 0 Å². The van der Waals surface area contributed by atoms with Gasteiger partial charge in [-0.2, -0.15) is 0 Å². The van der Waals surface area contributed by atoms with Gasteiger partial charge in [0.25, 0.3) is 0 Å². The van der Waals surface area contributed by atoms with Crippen LogP contribution in [0, 0.1) is 5.82 Å². The van der Waals surface area contributed by atoms with Gasteiger partial charge in [0.1, 0.15) is 17.3 Å². The van der Waals surface area contributed by atoms with Gasteiger partial charge in [-0.1, -0.05) is 12.1 Å². The van der Waals surface area contributed by atoms with E-state index in [4.69, 9.17) is 9.84 Å². The SMILES string of the molecule is CC(O)c1cc(F)ccc1Oc1ccc(CCO)cc1. The van der Waals surface area contributed by atoms with Crippen LogP contribution in [-0.2, 0) is 6.42 Å². The summed E-state index contributed by atoms with van der Waals surface area (Å²) < 4.78 is 18.9. The van der Waals surface area contributed by atoms with E-state index in [1.165, 1.54) is 18.2 Å². The molecule has 2 N–H and O–H groups in total. The molecule has 0 heterocycles. The van der Waals surface area contributed by atoms with E-state index in [1.807, 2.05) is 12.1 Å². The van der Waals surface area contributed by atoms with Crippen LogP contribution in [0.25, 0.3) is 0 Å². The van der Waals surface area contributed by atoms with E-state index in [9.17, 15) is 9.50 Å². The molecular formula is C16H17FO3. The standard InChI is InChI=1S/C16H17FO3/c1-11(19)15-10-13(17)4-7-16(15)20-14-5-2-12(3-6-14)8-9-18/h2-7,10-11,18-19H,8-9H2,1H3. The minimum absolute atomic E-state index is 0.102. The number of ether oxygens (including phenoxy) is 1. The second kappa shape index (κ2) is 6.50. The summed E-state index contributed by atoms with van der Waals surface area (Å²) in [6, 6.07) is 11.3. The van der Waals surface area contributed by atoms with Crippen molar-refractivity contribution < 1.29 is 19.3 Å². The van der Waals surface area contributed by atoms with Gasteiger partial charge in [-0.05, 0) is 49.2 Å². The quantitative estimate of drug-likeness (QED) is 0.881. The van der Waals surface area contributed by atoms with Crippen molar-refractivity contribution in [3.05, 3.63) is 59.4 Å². The Hall–Kier alpha value is -1.91. The van der Waals surface area contributed by atoms with Crippen molar-refractivity contribution >= 4 is 0 Å². The molecular weight excluding hydrogens is 259 g/mol. The van der Waals surface area contributed by atoms with Gasteiger partial charge in [-0.25, -0.2) is 4.39 Å². The second-order valence-corrected chi connectivity index (χ2v) is 4.58. The van der Waals surface area contributed by atoms with Crippen molar-refractivity contribution in [3.8, 4) is 11.5 Å². The maximum Gasteiger partial charge on any atom is 0.133 e. The fraction of sp³-hybridized carbons (Fsp3) is 0.250. The molecule has 0 bridgehead atoms. The van der Waals surface area contributed by atoms with E-state index in [0.717, 1.165) is 5.56 Å². The molecule has 4 heteroatoms. The number of aliphatic hydroxyl groups is 2. The predicted molar refractivity (Wildman–Crippen MR) is 74.3 cm³/mol. The minimum Gasteiger partial charge on any atom is -0.457 e. The molecule has 2 aromatic carbocycles. The highest BCUT2D eigenvalue weighted by Crippen LogP contribution is 2.30. The van der Waals surface area contributed by atoms with Gasteiger partial charge in [0.05, 0.1) is 6.10 Å². The first kappa shape index (κ1) is 14.5. The number of hydrogen-bond donors (Lipinski definition) is 2. The molecule has 0 aromatic heterocycles. The molecule has 0 saturated heterocycles. The van der Waals surface area contributed by atoms with Crippen LogP contribution in [0.3, 0.4) is 0 Å².